The lowest BCUT2D eigenvalue weighted by Crippen LogP contribution is -2.55. The molecule has 1 saturated carbocycles. The van der Waals surface area contributed by atoms with Gasteiger partial charge < -0.3 is 5.11 Å². The Morgan fingerprint density at radius 2 is 2.11 bits per heavy atom. The van der Waals surface area contributed by atoms with Crippen molar-refractivity contribution in [3.63, 3.8) is 0 Å². The maximum absolute atomic E-state index is 12.4. The van der Waals surface area contributed by atoms with Gasteiger partial charge in [-0.3, -0.25) is 14.2 Å². The smallest absolute Gasteiger partial charge is 0.282 e. The van der Waals surface area contributed by atoms with Gasteiger partial charge in [0.05, 0.1) is 22.3 Å². The predicted octanol–water partition coefficient (Wildman–Crippen LogP) is 1.51. The second-order valence-electron chi connectivity index (χ2n) is 5.26. The van der Waals surface area contributed by atoms with E-state index >= 15 is 0 Å². The molecule has 1 aliphatic heterocycles. The summed E-state index contributed by atoms with van der Waals surface area (Å²) in [6, 6.07) is 3.11. The fraction of sp³-hybridized carbons (Fsp3) is 0.538. The van der Waals surface area contributed by atoms with Crippen LogP contribution >= 0.6 is 16.1 Å². The highest BCUT2D eigenvalue weighted by molar-refractivity contribution is 9.07. The van der Waals surface area contributed by atoms with Crippen LogP contribution in [0.2, 0.25) is 0 Å². The SMILES string of the molecule is Cc1ccc(=O)n2c1C(=O)N(Br)C21CCCCC1O. The van der Waals surface area contributed by atoms with Crippen LogP contribution in [0.4, 0.5) is 0 Å². The van der Waals surface area contributed by atoms with E-state index in [9.17, 15) is 14.7 Å². The number of carbonyl (C=O) groups is 1. The van der Waals surface area contributed by atoms with E-state index in [1.807, 2.05) is 0 Å². The van der Waals surface area contributed by atoms with Crippen molar-refractivity contribution in [3.05, 3.63) is 33.7 Å². The molecule has 6 heteroatoms. The van der Waals surface area contributed by atoms with Gasteiger partial charge in [0.2, 0.25) is 0 Å². The molecule has 2 aliphatic rings. The van der Waals surface area contributed by atoms with E-state index < -0.39 is 11.8 Å². The summed E-state index contributed by atoms with van der Waals surface area (Å²) >= 11 is 3.28. The molecule has 2 heterocycles. The van der Waals surface area contributed by atoms with Gasteiger partial charge in [-0.1, -0.05) is 12.5 Å². The van der Waals surface area contributed by atoms with Gasteiger partial charge in [-0.2, -0.15) is 0 Å². The molecule has 2 atom stereocenters. The zero-order valence-corrected chi connectivity index (χ0v) is 12.2. The summed E-state index contributed by atoms with van der Waals surface area (Å²) in [6.07, 6.45) is 2.24. The van der Waals surface area contributed by atoms with Crippen LogP contribution in [0.15, 0.2) is 16.9 Å². The van der Waals surface area contributed by atoms with E-state index in [-0.39, 0.29) is 11.5 Å². The average molecular weight is 327 g/mol. The van der Waals surface area contributed by atoms with E-state index in [2.05, 4.69) is 16.1 Å². The lowest BCUT2D eigenvalue weighted by Gasteiger charge is -2.42. The van der Waals surface area contributed by atoms with Crippen molar-refractivity contribution in [2.75, 3.05) is 0 Å². The first kappa shape index (κ1) is 12.9. The molecule has 0 saturated heterocycles. The zero-order chi connectivity index (χ0) is 13.8. The van der Waals surface area contributed by atoms with Crippen LogP contribution in [0.25, 0.3) is 0 Å². The number of amides is 1. The molecule has 1 aliphatic carbocycles. The van der Waals surface area contributed by atoms with Crippen molar-refractivity contribution < 1.29 is 9.90 Å². The second-order valence-corrected chi connectivity index (χ2v) is 5.97. The number of pyridine rings is 1. The molecule has 0 radical (unpaired) electrons. The van der Waals surface area contributed by atoms with Crippen molar-refractivity contribution in [3.8, 4) is 0 Å². The minimum atomic E-state index is -0.965. The molecular formula is C13H15BrN2O3. The van der Waals surface area contributed by atoms with Gasteiger partial charge in [0.1, 0.15) is 5.69 Å². The zero-order valence-electron chi connectivity index (χ0n) is 10.6. The van der Waals surface area contributed by atoms with Gasteiger partial charge in [-0.05, 0) is 31.7 Å². The Morgan fingerprint density at radius 3 is 2.79 bits per heavy atom. The third-order valence-corrected chi connectivity index (χ3v) is 5.14. The number of carbonyl (C=O) groups excluding carboxylic acids is 1. The number of aromatic nitrogens is 1. The summed E-state index contributed by atoms with van der Waals surface area (Å²) in [7, 11) is 0. The maximum atomic E-state index is 12.4. The Labute approximate surface area is 119 Å². The van der Waals surface area contributed by atoms with Crippen molar-refractivity contribution in [2.45, 2.75) is 44.4 Å². The molecule has 3 rings (SSSR count). The van der Waals surface area contributed by atoms with E-state index in [1.165, 1.54) is 14.6 Å². The summed E-state index contributed by atoms with van der Waals surface area (Å²) in [5.41, 5.74) is -0.0702. The number of hydrogen-bond acceptors (Lipinski definition) is 3. The van der Waals surface area contributed by atoms with Gasteiger partial charge >= 0.3 is 0 Å². The van der Waals surface area contributed by atoms with Gasteiger partial charge in [-0.25, -0.2) is 3.93 Å². The molecule has 0 bridgehead atoms. The first-order chi connectivity index (χ1) is 9.00. The molecule has 1 spiro atoms. The predicted molar refractivity (Wildman–Crippen MR) is 73.0 cm³/mol. The molecule has 19 heavy (non-hydrogen) atoms. The quantitative estimate of drug-likeness (QED) is 0.735. The van der Waals surface area contributed by atoms with Crippen molar-refractivity contribution in [1.29, 1.82) is 0 Å². The van der Waals surface area contributed by atoms with Crippen molar-refractivity contribution in [2.24, 2.45) is 0 Å². The van der Waals surface area contributed by atoms with E-state index in [0.717, 1.165) is 18.4 Å². The Hall–Kier alpha value is -1.14. The van der Waals surface area contributed by atoms with Gasteiger partial charge in [-0.15, -0.1) is 0 Å². The number of aliphatic hydroxyl groups is 1. The summed E-state index contributed by atoms with van der Waals surface area (Å²) in [5, 5.41) is 10.4. The third kappa shape index (κ3) is 1.50. The van der Waals surface area contributed by atoms with Crippen LogP contribution in [0.1, 0.15) is 41.7 Å². The number of halogens is 1. The van der Waals surface area contributed by atoms with Gasteiger partial charge in [0.25, 0.3) is 11.5 Å². The first-order valence-corrected chi connectivity index (χ1v) is 7.12. The largest absolute Gasteiger partial charge is 0.389 e. The highest BCUT2D eigenvalue weighted by Gasteiger charge is 2.55. The van der Waals surface area contributed by atoms with E-state index in [1.54, 1.807) is 13.0 Å². The maximum Gasteiger partial charge on any atom is 0.282 e. The first-order valence-electron chi connectivity index (χ1n) is 6.41. The fourth-order valence-corrected chi connectivity index (χ4v) is 3.99. The van der Waals surface area contributed by atoms with Crippen molar-refractivity contribution >= 4 is 22.1 Å². The molecule has 1 aromatic rings. The average Bonchev–Trinajstić information content (AvgIpc) is 2.62. The van der Waals surface area contributed by atoms with E-state index in [4.69, 9.17) is 0 Å². The number of aliphatic hydroxyl groups excluding tert-OH is 1. The van der Waals surface area contributed by atoms with Crippen molar-refractivity contribution in [1.82, 2.24) is 8.49 Å². The molecule has 1 amide bonds. The molecular weight excluding hydrogens is 312 g/mol. The molecule has 2 unspecified atom stereocenters. The summed E-state index contributed by atoms with van der Waals surface area (Å²) in [5.74, 6) is -0.254. The molecule has 5 nitrogen and oxygen atoms in total. The standard InChI is InChI=1S/C13H15BrN2O3/c1-8-5-6-10(18)15-11(8)12(19)16(14)13(15)7-3-2-4-9(13)17/h5-6,9,17H,2-4,7H2,1H3. The molecule has 0 aromatic carbocycles. The van der Waals surface area contributed by atoms with Crippen LogP contribution in [-0.4, -0.2) is 25.6 Å². The Balaban J connectivity index is 2.33. The van der Waals surface area contributed by atoms with Crippen LogP contribution in [-0.2, 0) is 5.66 Å². The Bertz CT molecular complexity index is 612. The fourth-order valence-electron chi connectivity index (χ4n) is 3.25. The minimum absolute atomic E-state index is 0.239. The Kier molecular flexibility index (Phi) is 2.83. The summed E-state index contributed by atoms with van der Waals surface area (Å²) in [6.45, 7) is 1.80. The van der Waals surface area contributed by atoms with Crippen LogP contribution in [0.3, 0.4) is 0 Å². The molecule has 1 N–H and O–H groups in total. The lowest BCUT2D eigenvalue weighted by atomic mass is 9.86. The number of rotatable bonds is 0. The number of hydrogen-bond donors (Lipinski definition) is 1. The highest BCUT2D eigenvalue weighted by Crippen LogP contribution is 2.45. The number of aryl methyl sites for hydroxylation is 1. The van der Waals surface area contributed by atoms with E-state index in [0.29, 0.717) is 18.5 Å². The van der Waals surface area contributed by atoms with Gasteiger partial charge in [0.15, 0.2) is 5.66 Å². The number of fused-ring (bicyclic) bond motifs is 2. The highest BCUT2D eigenvalue weighted by atomic mass is 79.9. The summed E-state index contributed by atoms with van der Waals surface area (Å²) < 4.78 is 2.84. The van der Waals surface area contributed by atoms with Crippen LogP contribution in [0, 0.1) is 6.92 Å². The normalized spacial score (nSPS) is 29.9. The summed E-state index contributed by atoms with van der Waals surface area (Å²) in [4.78, 5) is 24.6. The minimum Gasteiger partial charge on any atom is -0.389 e. The topological polar surface area (TPSA) is 62.5 Å². The molecule has 1 aromatic heterocycles. The third-order valence-electron chi connectivity index (χ3n) is 4.21. The lowest BCUT2D eigenvalue weighted by molar-refractivity contribution is -0.0465. The van der Waals surface area contributed by atoms with Crippen LogP contribution in [0.5, 0.6) is 0 Å². The number of nitrogens with zero attached hydrogens (tertiary/aromatic N) is 2. The van der Waals surface area contributed by atoms with Gasteiger partial charge in [0, 0.05) is 6.07 Å². The monoisotopic (exact) mass is 326 g/mol. The molecule has 102 valence electrons. The Morgan fingerprint density at radius 1 is 1.37 bits per heavy atom. The molecule has 1 fully saturated rings. The van der Waals surface area contributed by atoms with Crippen LogP contribution < -0.4 is 5.56 Å². The second kappa shape index (κ2) is 4.18.